The normalized spacial score (nSPS) is 17.5. The van der Waals surface area contributed by atoms with Crippen molar-refractivity contribution < 1.29 is 9.21 Å². The number of aldehydes is 1. The van der Waals surface area contributed by atoms with Crippen LogP contribution in [0, 0.1) is 0 Å². The molecule has 13 heavy (non-hydrogen) atoms. The molecule has 0 amide bonds. The molecule has 0 aliphatic heterocycles. The van der Waals surface area contributed by atoms with E-state index < -0.39 is 0 Å². The third-order valence-corrected chi connectivity index (χ3v) is 2.47. The average molecular weight is 176 g/mol. The van der Waals surface area contributed by atoms with Crippen LogP contribution in [0.1, 0.15) is 31.4 Å². The van der Waals surface area contributed by atoms with Crippen molar-refractivity contribution in [3.63, 3.8) is 0 Å². The number of furan rings is 1. The molecule has 0 aromatic carbocycles. The van der Waals surface area contributed by atoms with E-state index in [1.807, 2.05) is 12.1 Å². The summed E-state index contributed by atoms with van der Waals surface area (Å²) < 4.78 is 5.29. The molecule has 0 saturated heterocycles. The number of carbonyl (C=O) groups is 1. The molecular weight excluding hydrogens is 164 g/mol. The molecule has 2 nitrogen and oxygen atoms in total. The molecule has 0 spiro atoms. The van der Waals surface area contributed by atoms with Crippen LogP contribution in [0.4, 0.5) is 0 Å². The highest BCUT2D eigenvalue weighted by atomic mass is 16.3. The number of allylic oxidation sites excluding steroid dienone is 2. The first-order chi connectivity index (χ1) is 6.42. The molecule has 0 saturated carbocycles. The van der Waals surface area contributed by atoms with E-state index in [4.69, 9.17) is 4.42 Å². The van der Waals surface area contributed by atoms with Crippen molar-refractivity contribution in [2.24, 2.45) is 0 Å². The first kappa shape index (κ1) is 8.30. The predicted octanol–water partition coefficient (Wildman–Crippen LogP) is 2.81. The van der Waals surface area contributed by atoms with Crippen molar-refractivity contribution >= 4 is 11.9 Å². The lowest BCUT2D eigenvalue weighted by molar-refractivity contribution is -0.105. The van der Waals surface area contributed by atoms with Gasteiger partial charge >= 0.3 is 0 Å². The molecule has 1 aromatic heterocycles. The molecule has 1 heterocycles. The summed E-state index contributed by atoms with van der Waals surface area (Å²) in [6.07, 6.45) is 6.78. The fourth-order valence-corrected chi connectivity index (χ4v) is 1.79. The van der Waals surface area contributed by atoms with Gasteiger partial charge in [0.2, 0.25) is 0 Å². The van der Waals surface area contributed by atoms with E-state index in [0.29, 0.717) is 0 Å². The highest BCUT2D eigenvalue weighted by Gasteiger charge is 2.15. The van der Waals surface area contributed by atoms with Crippen LogP contribution in [0.5, 0.6) is 0 Å². The van der Waals surface area contributed by atoms with Gasteiger partial charge in [-0.1, -0.05) is 0 Å². The van der Waals surface area contributed by atoms with Gasteiger partial charge in [0.1, 0.15) is 12.0 Å². The third-order valence-electron chi connectivity index (χ3n) is 2.47. The summed E-state index contributed by atoms with van der Waals surface area (Å²) in [5.41, 5.74) is 2.02. The Bertz CT molecular complexity index is 320. The minimum Gasteiger partial charge on any atom is -0.465 e. The number of hydrogen-bond acceptors (Lipinski definition) is 2. The quantitative estimate of drug-likeness (QED) is 0.648. The molecule has 0 unspecified atom stereocenters. The van der Waals surface area contributed by atoms with E-state index in [1.165, 1.54) is 0 Å². The molecule has 0 bridgehead atoms. The zero-order valence-corrected chi connectivity index (χ0v) is 7.45. The summed E-state index contributed by atoms with van der Waals surface area (Å²) in [7, 11) is 0. The van der Waals surface area contributed by atoms with Crippen molar-refractivity contribution in [1.82, 2.24) is 0 Å². The van der Waals surface area contributed by atoms with E-state index in [0.717, 1.165) is 48.9 Å². The third kappa shape index (κ3) is 1.57. The van der Waals surface area contributed by atoms with Gasteiger partial charge in [0.25, 0.3) is 0 Å². The minimum atomic E-state index is 0.863. The maximum absolute atomic E-state index is 10.8. The lowest BCUT2D eigenvalue weighted by Crippen LogP contribution is -1.99. The standard InChI is InChI=1S/C11H12O2/c12-8-9-4-1-2-5-10(9)11-6-3-7-13-11/h3,6-8H,1-2,4-5H2. The Balaban J connectivity index is 2.38. The first-order valence-electron chi connectivity index (χ1n) is 4.63. The van der Waals surface area contributed by atoms with Gasteiger partial charge in [-0.05, 0) is 43.4 Å². The number of carbonyl (C=O) groups excluding carboxylic acids is 1. The van der Waals surface area contributed by atoms with Crippen molar-refractivity contribution in [2.45, 2.75) is 25.7 Å². The molecule has 2 rings (SSSR count). The number of rotatable bonds is 2. The average Bonchev–Trinajstić information content (AvgIpc) is 2.70. The summed E-state index contributed by atoms with van der Waals surface area (Å²) in [6.45, 7) is 0. The van der Waals surface area contributed by atoms with E-state index >= 15 is 0 Å². The van der Waals surface area contributed by atoms with Gasteiger partial charge in [-0.15, -0.1) is 0 Å². The van der Waals surface area contributed by atoms with Crippen molar-refractivity contribution in [3.05, 3.63) is 29.7 Å². The lowest BCUT2D eigenvalue weighted by atomic mass is 9.91. The van der Waals surface area contributed by atoms with Crippen LogP contribution < -0.4 is 0 Å². The van der Waals surface area contributed by atoms with Crippen LogP contribution in [0.2, 0.25) is 0 Å². The highest BCUT2D eigenvalue weighted by molar-refractivity contribution is 5.87. The largest absolute Gasteiger partial charge is 0.465 e. The van der Waals surface area contributed by atoms with Gasteiger partial charge in [-0.2, -0.15) is 0 Å². The Labute approximate surface area is 77.2 Å². The van der Waals surface area contributed by atoms with Crippen LogP contribution >= 0.6 is 0 Å². The van der Waals surface area contributed by atoms with Crippen LogP contribution in [-0.2, 0) is 4.79 Å². The molecule has 0 N–H and O–H groups in total. The highest BCUT2D eigenvalue weighted by Crippen LogP contribution is 2.31. The van der Waals surface area contributed by atoms with Crippen LogP contribution in [-0.4, -0.2) is 6.29 Å². The van der Waals surface area contributed by atoms with Gasteiger partial charge in [-0.3, -0.25) is 4.79 Å². The summed E-state index contributed by atoms with van der Waals surface area (Å²) in [5.74, 6) is 0.863. The van der Waals surface area contributed by atoms with Gasteiger partial charge in [0.15, 0.2) is 0 Å². The second-order valence-corrected chi connectivity index (χ2v) is 3.31. The summed E-state index contributed by atoms with van der Waals surface area (Å²) in [6, 6.07) is 3.78. The summed E-state index contributed by atoms with van der Waals surface area (Å²) >= 11 is 0. The van der Waals surface area contributed by atoms with Crippen LogP contribution in [0.15, 0.2) is 28.4 Å². The van der Waals surface area contributed by atoms with Gasteiger partial charge in [0.05, 0.1) is 6.26 Å². The van der Waals surface area contributed by atoms with Crippen LogP contribution in [0.25, 0.3) is 5.57 Å². The van der Waals surface area contributed by atoms with Gasteiger partial charge < -0.3 is 4.42 Å². The fourth-order valence-electron chi connectivity index (χ4n) is 1.79. The minimum absolute atomic E-state index is 0.863. The van der Waals surface area contributed by atoms with Gasteiger partial charge in [-0.25, -0.2) is 0 Å². The molecule has 68 valence electrons. The van der Waals surface area contributed by atoms with Crippen LogP contribution in [0.3, 0.4) is 0 Å². The van der Waals surface area contributed by atoms with E-state index in [9.17, 15) is 4.79 Å². The van der Waals surface area contributed by atoms with Crippen molar-refractivity contribution in [3.8, 4) is 0 Å². The summed E-state index contributed by atoms with van der Waals surface area (Å²) in [4.78, 5) is 10.8. The lowest BCUT2D eigenvalue weighted by Gasteiger charge is -2.14. The molecule has 1 aliphatic carbocycles. The van der Waals surface area contributed by atoms with E-state index in [1.54, 1.807) is 6.26 Å². The molecular formula is C11H12O2. The molecule has 0 fully saturated rings. The van der Waals surface area contributed by atoms with E-state index in [-0.39, 0.29) is 0 Å². The zero-order valence-electron chi connectivity index (χ0n) is 7.45. The zero-order chi connectivity index (χ0) is 9.10. The summed E-state index contributed by atoms with van der Waals surface area (Å²) in [5, 5.41) is 0. The molecule has 2 heteroatoms. The van der Waals surface area contributed by atoms with Crippen molar-refractivity contribution in [2.75, 3.05) is 0 Å². The maximum atomic E-state index is 10.8. The Morgan fingerprint density at radius 3 is 2.85 bits per heavy atom. The maximum Gasteiger partial charge on any atom is 0.146 e. The predicted molar refractivity (Wildman–Crippen MR) is 50.2 cm³/mol. The molecule has 1 aromatic rings. The van der Waals surface area contributed by atoms with Gasteiger partial charge in [0, 0.05) is 5.57 Å². The smallest absolute Gasteiger partial charge is 0.146 e. The Kier molecular flexibility index (Phi) is 2.30. The topological polar surface area (TPSA) is 30.2 Å². The van der Waals surface area contributed by atoms with Crippen molar-refractivity contribution in [1.29, 1.82) is 0 Å². The second-order valence-electron chi connectivity index (χ2n) is 3.31. The molecule has 0 radical (unpaired) electrons. The second kappa shape index (κ2) is 3.60. The Morgan fingerprint density at radius 1 is 1.31 bits per heavy atom. The molecule has 0 atom stereocenters. The van der Waals surface area contributed by atoms with E-state index in [2.05, 4.69) is 0 Å². The first-order valence-corrected chi connectivity index (χ1v) is 4.63. The fraction of sp³-hybridized carbons (Fsp3) is 0.364. The SMILES string of the molecule is O=CC1=C(c2ccco2)CCCC1. The molecule has 1 aliphatic rings. The monoisotopic (exact) mass is 176 g/mol. The Morgan fingerprint density at radius 2 is 2.15 bits per heavy atom. The Hall–Kier alpha value is -1.31. The number of hydrogen-bond donors (Lipinski definition) is 0.